The molecule has 0 aliphatic heterocycles. The zero-order chi connectivity index (χ0) is 14.5. The number of hydrogen-bond donors (Lipinski definition) is 1. The highest BCUT2D eigenvalue weighted by Crippen LogP contribution is 2.25. The van der Waals surface area contributed by atoms with Gasteiger partial charge in [0.15, 0.2) is 5.82 Å². The molecule has 2 unspecified atom stereocenters. The minimum atomic E-state index is 0.570. The van der Waals surface area contributed by atoms with Crippen LogP contribution in [0.1, 0.15) is 39.0 Å². The van der Waals surface area contributed by atoms with Gasteiger partial charge < -0.3 is 5.32 Å². The van der Waals surface area contributed by atoms with Crippen LogP contribution >= 0.6 is 0 Å². The molecule has 3 nitrogen and oxygen atoms in total. The molecule has 1 fully saturated rings. The minimum Gasteiger partial charge on any atom is -0.380 e. The quantitative estimate of drug-likeness (QED) is 0.840. The van der Waals surface area contributed by atoms with Gasteiger partial charge in [-0.25, -0.2) is 9.97 Å². The molecule has 1 N–H and O–H groups in total. The van der Waals surface area contributed by atoms with Crippen molar-refractivity contribution in [1.82, 2.24) is 9.97 Å². The van der Waals surface area contributed by atoms with Crippen molar-refractivity contribution in [3.8, 4) is 11.4 Å². The van der Waals surface area contributed by atoms with Gasteiger partial charge in [0.1, 0.15) is 0 Å². The Bertz CT molecular complexity index is 550. The SMILES string of the molecule is CC1CCCC(Nc2cnc(-c3ccccc3)nc2)CC1. The highest BCUT2D eigenvalue weighted by atomic mass is 15.0. The highest BCUT2D eigenvalue weighted by molar-refractivity contribution is 5.55. The summed E-state index contributed by atoms with van der Waals surface area (Å²) in [5, 5.41) is 3.60. The average Bonchev–Trinajstić information content (AvgIpc) is 2.74. The lowest BCUT2D eigenvalue weighted by molar-refractivity contribution is 0.502. The van der Waals surface area contributed by atoms with Gasteiger partial charge in [0.05, 0.1) is 18.1 Å². The summed E-state index contributed by atoms with van der Waals surface area (Å²) in [5.41, 5.74) is 2.10. The molecule has 0 spiro atoms. The minimum absolute atomic E-state index is 0.570. The number of nitrogens with zero attached hydrogens (tertiary/aromatic N) is 2. The summed E-state index contributed by atoms with van der Waals surface area (Å²) in [5.74, 6) is 1.66. The van der Waals surface area contributed by atoms with Crippen LogP contribution in [-0.4, -0.2) is 16.0 Å². The third-order valence-electron chi connectivity index (χ3n) is 4.31. The molecule has 1 aliphatic rings. The summed E-state index contributed by atoms with van der Waals surface area (Å²) < 4.78 is 0. The lowest BCUT2D eigenvalue weighted by atomic mass is 10.0. The number of hydrogen-bond acceptors (Lipinski definition) is 3. The highest BCUT2D eigenvalue weighted by Gasteiger charge is 2.16. The zero-order valence-electron chi connectivity index (χ0n) is 12.6. The van der Waals surface area contributed by atoms with Crippen molar-refractivity contribution in [3.63, 3.8) is 0 Å². The Balaban J connectivity index is 1.64. The lowest BCUT2D eigenvalue weighted by Gasteiger charge is -2.17. The molecule has 110 valence electrons. The van der Waals surface area contributed by atoms with Crippen molar-refractivity contribution in [2.75, 3.05) is 5.32 Å². The van der Waals surface area contributed by atoms with Gasteiger partial charge in [-0.3, -0.25) is 0 Å². The molecule has 1 saturated carbocycles. The van der Waals surface area contributed by atoms with Crippen LogP contribution in [0.5, 0.6) is 0 Å². The smallest absolute Gasteiger partial charge is 0.159 e. The Morgan fingerprint density at radius 3 is 2.48 bits per heavy atom. The third-order valence-corrected chi connectivity index (χ3v) is 4.31. The summed E-state index contributed by atoms with van der Waals surface area (Å²) in [6.45, 7) is 2.36. The predicted octanol–water partition coefficient (Wildman–Crippen LogP) is 4.52. The fraction of sp³-hybridized carbons (Fsp3) is 0.444. The molecule has 21 heavy (non-hydrogen) atoms. The summed E-state index contributed by atoms with van der Waals surface area (Å²) in [7, 11) is 0. The molecular weight excluding hydrogens is 258 g/mol. The summed E-state index contributed by atoms with van der Waals surface area (Å²) in [6.07, 6.45) is 10.3. The Morgan fingerprint density at radius 1 is 0.952 bits per heavy atom. The number of benzene rings is 1. The largest absolute Gasteiger partial charge is 0.380 e. The Morgan fingerprint density at radius 2 is 1.71 bits per heavy atom. The van der Waals surface area contributed by atoms with Gasteiger partial charge in [-0.1, -0.05) is 50.1 Å². The molecule has 2 atom stereocenters. The first-order valence-corrected chi connectivity index (χ1v) is 7.95. The van der Waals surface area contributed by atoms with Crippen LogP contribution in [0.15, 0.2) is 42.7 Å². The standard InChI is InChI=1S/C18H23N3/c1-14-6-5-9-16(11-10-14)21-17-12-19-18(20-13-17)15-7-3-2-4-8-15/h2-4,7-8,12-14,16,21H,5-6,9-11H2,1H3. The first-order valence-electron chi connectivity index (χ1n) is 7.95. The Kier molecular flexibility index (Phi) is 4.49. The van der Waals surface area contributed by atoms with E-state index < -0.39 is 0 Å². The van der Waals surface area contributed by atoms with Crippen LogP contribution in [-0.2, 0) is 0 Å². The van der Waals surface area contributed by atoms with Gasteiger partial charge in [0.25, 0.3) is 0 Å². The van der Waals surface area contributed by atoms with E-state index in [4.69, 9.17) is 0 Å². The first kappa shape index (κ1) is 14.1. The van der Waals surface area contributed by atoms with Crippen molar-refractivity contribution >= 4 is 5.69 Å². The topological polar surface area (TPSA) is 37.8 Å². The molecule has 1 heterocycles. The van der Waals surface area contributed by atoms with E-state index in [1.54, 1.807) is 0 Å². The van der Waals surface area contributed by atoms with Crippen LogP contribution in [0.25, 0.3) is 11.4 Å². The van der Waals surface area contributed by atoms with Crippen LogP contribution < -0.4 is 5.32 Å². The maximum Gasteiger partial charge on any atom is 0.159 e. The van der Waals surface area contributed by atoms with E-state index >= 15 is 0 Å². The third kappa shape index (κ3) is 3.81. The normalized spacial score (nSPS) is 22.5. The van der Waals surface area contributed by atoms with Crippen molar-refractivity contribution < 1.29 is 0 Å². The molecule has 0 bridgehead atoms. The molecule has 1 aliphatic carbocycles. The fourth-order valence-electron chi connectivity index (χ4n) is 3.01. The van der Waals surface area contributed by atoms with Gasteiger partial charge in [-0.15, -0.1) is 0 Å². The van der Waals surface area contributed by atoms with Crippen LogP contribution in [0.4, 0.5) is 5.69 Å². The molecule has 3 rings (SSSR count). The van der Waals surface area contributed by atoms with Crippen LogP contribution in [0.3, 0.4) is 0 Å². The molecule has 3 heteroatoms. The van der Waals surface area contributed by atoms with Gasteiger partial charge in [0, 0.05) is 11.6 Å². The van der Waals surface area contributed by atoms with Crippen molar-refractivity contribution in [2.24, 2.45) is 5.92 Å². The average molecular weight is 281 g/mol. The van der Waals surface area contributed by atoms with Crippen molar-refractivity contribution in [1.29, 1.82) is 0 Å². The maximum atomic E-state index is 4.48. The van der Waals surface area contributed by atoms with E-state index in [-0.39, 0.29) is 0 Å². The van der Waals surface area contributed by atoms with E-state index in [0.717, 1.165) is 23.0 Å². The molecule has 0 radical (unpaired) electrons. The summed E-state index contributed by atoms with van der Waals surface area (Å²) >= 11 is 0. The number of nitrogens with one attached hydrogen (secondary N) is 1. The number of anilines is 1. The molecular formula is C18H23N3. The summed E-state index contributed by atoms with van der Waals surface area (Å²) in [4.78, 5) is 8.96. The van der Waals surface area contributed by atoms with Gasteiger partial charge in [0.2, 0.25) is 0 Å². The summed E-state index contributed by atoms with van der Waals surface area (Å²) in [6, 6.07) is 10.7. The number of aromatic nitrogens is 2. The second kappa shape index (κ2) is 6.70. The van der Waals surface area contributed by atoms with Crippen LogP contribution in [0.2, 0.25) is 0 Å². The Labute approximate surface area is 126 Å². The molecule has 0 amide bonds. The molecule has 2 aromatic rings. The monoisotopic (exact) mass is 281 g/mol. The lowest BCUT2D eigenvalue weighted by Crippen LogP contribution is -2.18. The van der Waals surface area contributed by atoms with Gasteiger partial charge in [-0.2, -0.15) is 0 Å². The van der Waals surface area contributed by atoms with E-state index in [1.165, 1.54) is 32.1 Å². The predicted molar refractivity (Wildman–Crippen MR) is 87.1 cm³/mol. The van der Waals surface area contributed by atoms with Crippen molar-refractivity contribution in [3.05, 3.63) is 42.7 Å². The second-order valence-electron chi connectivity index (χ2n) is 6.12. The first-order chi connectivity index (χ1) is 10.3. The maximum absolute atomic E-state index is 4.48. The van der Waals surface area contributed by atoms with E-state index in [0.29, 0.717) is 6.04 Å². The molecule has 1 aromatic heterocycles. The zero-order valence-corrected chi connectivity index (χ0v) is 12.6. The molecule has 0 saturated heterocycles. The number of rotatable bonds is 3. The van der Waals surface area contributed by atoms with Crippen LogP contribution in [0, 0.1) is 5.92 Å². The fourth-order valence-corrected chi connectivity index (χ4v) is 3.01. The van der Waals surface area contributed by atoms with Gasteiger partial charge >= 0.3 is 0 Å². The van der Waals surface area contributed by atoms with Crippen molar-refractivity contribution in [2.45, 2.75) is 45.1 Å². The Hall–Kier alpha value is -1.90. The van der Waals surface area contributed by atoms with E-state index in [9.17, 15) is 0 Å². The van der Waals surface area contributed by atoms with E-state index in [2.05, 4.69) is 22.2 Å². The second-order valence-corrected chi connectivity index (χ2v) is 6.12. The van der Waals surface area contributed by atoms with E-state index in [1.807, 2.05) is 42.7 Å². The van der Waals surface area contributed by atoms with Gasteiger partial charge in [-0.05, 0) is 25.2 Å². The molecule has 1 aromatic carbocycles.